The topological polar surface area (TPSA) is 75.2 Å². The number of hydrogen-bond acceptors (Lipinski definition) is 5. The van der Waals surface area contributed by atoms with Gasteiger partial charge in [0.1, 0.15) is 5.82 Å². The van der Waals surface area contributed by atoms with Gasteiger partial charge in [-0.25, -0.2) is 17.5 Å². The molecular formula is C13H15FN4O2S. The summed E-state index contributed by atoms with van der Waals surface area (Å²) >= 11 is 0. The smallest absolute Gasteiger partial charge is 0.240 e. The highest BCUT2D eigenvalue weighted by Crippen LogP contribution is 2.22. The molecule has 0 amide bonds. The molecule has 1 aromatic heterocycles. The summed E-state index contributed by atoms with van der Waals surface area (Å²) in [5.41, 5.74) is 0.974. The summed E-state index contributed by atoms with van der Waals surface area (Å²) < 4.78 is 39.5. The molecule has 0 aliphatic heterocycles. The minimum absolute atomic E-state index is 0.112. The molecule has 0 unspecified atom stereocenters. The van der Waals surface area contributed by atoms with E-state index in [0.29, 0.717) is 12.2 Å². The van der Waals surface area contributed by atoms with E-state index in [2.05, 4.69) is 14.7 Å². The first-order valence-corrected chi connectivity index (χ1v) is 7.61. The van der Waals surface area contributed by atoms with Crippen molar-refractivity contribution in [3.8, 4) is 0 Å². The maximum Gasteiger partial charge on any atom is 0.240 e. The molecule has 0 aliphatic carbocycles. The van der Waals surface area contributed by atoms with Crippen molar-refractivity contribution < 1.29 is 12.8 Å². The number of rotatable bonds is 5. The van der Waals surface area contributed by atoms with Crippen LogP contribution in [0.15, 0.2) is 41.7 Å². The zero-order chi connectivity index (χ0) is 15.5. The lowest BCUT2D eigenvalue weighted by Gasteiger charge is -2.19. The van der Waals surface area contributed by atoms with Gasteiger partial charge in [0.25, 0.3) is 0 Å². The minimum Gasteiger partial charge on any atom is -0.366 e. The van der Waals surface area contributed by atoms with E-state index < -0.39 is 15.8 Å². The van der Waals surface area contributed by atoms with Gasteiger partial charge in [0.15, 0.2) is 0 Å². The van der Waals surface area contributed by atoms with E-state index in [9.17, 15) is 12.8 Å². The molecule has 0 fully saturated rings. The van der Waals surface area contributed by atoms with Crippen LogP contribution in [0.4, 0.5) is 10.1 Å². The summed E-state index contributed by atoms with van der Waals surface area (Å²) in [4.78, 5) is 9.57. The standard InChI is InChI=1S/C13H15FN4O2S/c1-15-21(19,20)11-3-4-13(12(14)7-11)18(2)9-10-8-16-5-6-17-10/h3-8,15H,9H2,1-2H3. The summed E-state index contributed by atoms with van der Waals surface area (Å²) in [5.74, 6) is -0.613. The number of hydrogen-bond donors (Lipinski definition) is 1. The number of nitrogens with one attached hydrogen (secondary N) is 1. The lowest BCUT2D eigenvalue weighted by atomic mass is 10.2. The highest BCUT2D eigenvalue weighted by Gasteiger charge is 2.16. The van der Waals surface area contributed by atoms with Crippen molar-refractivity contribution in [1.29, 1.82) is 0 Å². The third kappa shape index (κ3) is 3.53. The largest absolute Gasteiger partial charge is 0.366 e. The summed E-state index contributed by atoms with van der Waals surface area (Å²) in [7, 11) is -0.680. The van der Waals surface area contributed by atoms with Crippen LogP contribution in [0, 0.1) is 5.82 Å². The lowest BCUT2D eigenvalue weighted by Crippen LogP contribution is -2.21. The van der Waals surface area contributed by atoms with E-state index in [-0.39, 0.29) is 10.6 Å². The lowest BCUT2D eigenvalue weighted by molar-refractivity contribution is 0.583. The quantitative estimate of drug-likeness (QED) is 0.897. The molecule has 2 rings (SSSR count). The van der Waals surface area contributed by atoms with Gasteiger partial charge in [-0.3, -0.25) is 9.97 Å². The van der Waals surface area contributed by atoms with Gasteiger partial charge >= 0.3 is 0 Å². The van der Waals surface area contributed by atoms with E-state index in [1.54, 1.807) is 30.5 Å². The highest BCUT2D eigenvalue weighted by molar-refractivity contribution is 7.89. The Morgan fingerprint density at radius 1 is 1.33 bits per heavy atom. The van der Waals surface area contributed by atoms with Crippen LogP contribution in [0.2, 0.25) is 0 Å². The average molecular weight is 310 g/mol. The number of benzene rings is 1. The Morgan fingerprint density at radius 3 is 2.67 bits per heavy atom. The molecule has 112 valence electrons. The SMILES string of the molecule is CNS(=O)(=O)c1ccc(N(C)Cc2cnccn2)c(F)c1. The first-order valence-electron chi connectivity index (χ1n) is 6.13. The Balaban J connectivity index is 2.25. The predicted octanol–water partition coefficient (Wildman–Crippen LogP) is 1.16. The predicted molar refractivity (Wildman–Crippen MR) is 76.8 cm³/mol. The van der Waals surface area contributed by atoms with Crippen LogP contribution < -0.4 is 9.62 Å². The molecule has 6 nitrogen and oxygen atoms in total. The van der Waals surface area contributed by atoms with E-state index in [1.165, 1.54) is 19.2 Å². The molecular weight excluding hydrogens is 295 g/mol. The molecule has 21 heavy (non-hydrogen) atoms. The zero-order valence-corrected chi connectivity index (χ0v) is 12.4. The summed E-state index contributed by atoms with van der Waals surface area (Å²) in [6.45, 7) is 0.364. The Morgan fingerprint density at radius 2 is 2.10 bits per heavy atom. The van der Waals surface area contributed by atoms with Gasteiger partial charge in [-0.15, -0.1) is 0 Å². The number of anilines is 1. The van der Waals surface area contributed by atoms with Crippen molar-refractivity contribution in [2.45, 2.75) is 11.4 Å². The van der Waals surface area contributed by atoms with Crippen molar-refractivity contribution in [2.75, 3.05) is 19.0 Å². The molecule has 0 radical (unpaired) electrons. The van der Waals surface area contributed by atoms with Gasteiger partial charge in [-0.1, -0.05) is 0 Å². The molecule has 1 heterocycles. The maximum atomic E-state index is 14.1. The number of nitrogens with zero attached hydrogens (tertiary/aromatic N) is 3. The number of halogens is 1. The first-order chi connectivity index (χ1) is 9.94. The van der Waals surface area contributed by atoms with Gasteiger partial charge in [0, 0.05) is 19.4 Å². The van der Waals surface area contributed by atoms with Gasteiger partial charge in [0.05, 0.1) is 29.0 Å². The maximum absolute atomic E-state index is 14.1. The van der Waals surface area contributed by atoms with Gasteiger partial charge < -0.3 is 4.90 Å². The van der Waals surface area contributed by atoms with Crippen molar-refractivity contribution in [1.82, 2.24) is 14.7 Å². The van der Waals surface area contributed by atoms with E-state index in [0.717, 1.165) is 6.07 Å². The molecule has 0 saturated heterocycles. The normalized spacial score (nSPS) is 11.4. The minimum atomic E-state index is -3.65. The average Bonchev–Trinajstić information content (AvgIpc) is 2.48. The molecule has 8 heteroatoms. The Hall–Kier alpha value is -2.06. The summed E-state index contributed by atoms with van der Waals surface area (Å²) in [6, 6.07) is 3.78. The molecule has 1 N–H and O–H groups in total. The highest BCUT2D eigenvalue weighted by atomic mass is 32.2. The molecule has 0 saturated carbocycles. The van der Waals surface area contributed by atoms with E-state index in [4.69, 9.17) is 0 Å². The number of aromatic nitrogens is 2. The Labute approximate surface area is 122 Å². The second-order valence-corrected chi connectivity index (χ2v) is 6.26. The van der Waals surface area contributed by atoms with E-state index in [1.807, 2.05) is 0 Å². The molecule has 1 aromatic carbocycles. The first kappa shape index (κ1) is 15.3. The third-order valence-electron chi connectivity index (χ3n) is 2.93. The van der Waals surface area contributed by atoms with Crippen LogP contribution in [0.5, 0.6) is 0 Å². The van der Waals surface area contributed by atoms with Crippen LogP contribution in [-0.4, -0.2) is 32.5 Å². The summed E-state index contributed by atoms with van der Waals surface area (Å²) in [5, 5.41) is 0. The molecule has 0 bridgehead atoms. The molecule has 0 atom stereocenters. The summed E-state index contributed by atoms with van der Waals surface area (Å²) in [6.07, 6.45) is 4.71. The van der Waals surface area contributed by atoms with Crippen molar-refractivity contribution in [3.63, 3.8) is 0 Å². The van der Waals surface area contributed by atoms with Gasteiger partial charge in [-0.2, -0.15) is 0 Å². The fourth-order valence-corrected chi connectivity index (χ4v) is 2.56. The molecule has 0 spiro atoms. The third-order valence-corrected chi connectivity index (χ3v) is 4.34. The Bertz CT molecular complexity index is 722. The second kappa shape index (κ2) is 6.15. The van der Waals surface area contributed by atoms with Crippen LogP contribution in [-0.2, 0) is 16.6 Å². The Kier molecular flexibility index (Phi) is 4.49. The molecule has 2 aromatic rings. The fourth-order valence-electron chi connectivity index (χ4n) is 1.82. The van der Waals surface area contributed by atoms with Crippen LogP contribution in [0.3, 0.4) is 0 Å². The van der Waals surface area contributed by atoms with E-state index >= 15 is 0 Å². The zero-order valence-electron chi connectivity index (χ0n) is 11.6. The van der Waals surface area contributed by atoms with Crippen LogP contribution >= 0.6 is 0 Å². The van der Waals surface area contributed by atoms with Crippen molar-refractivity contribution >= 4 is 15.7 Å². The van der Waals surface area contributed by atoms with Crippen molar-refractivity contribution in [3.05, 3.63) is 48.3 Å². The molecule has 0 aliphatic rings. The van der Waals surface area contributed by atoms with Crippen molar-refractivity contribution in [2.24, 2.45) is 0 Å². The van der Waals surface area contributed by atoms with Crippen LogP contribution in [0.25, 0.3) is 0 Å². The monoisotopic (exact) mass is 310 g/mol. The number of sulfonamides is 1. The second-order valence-electron chi connectivity index (χ2n) is 4.37. The van der Waals surface area contributed by atoms with Crippen LogP contribution in [0.1, 0.15) is 5.69 Å². The van der Waals surface area contributed by atoms with Gasteiger partial charge in [0.2, 0.25) is 10.0 Å². The van der Waals surface area contributed by atoms with Gasteiger partial charge in [-0.05, 0) is 25.2 Å². The fraction of sp³-hybridized carbons (Fsp3) is 0.231.